The van der Waals surface area contributed by atoms with E-state index in [-0.39, 0.29) is 17.3 Å². The third-order valence-corrected chi connectivity index (χ3v) is 3.02. The van der Waals surface area contributed by atoms with Crippen molar-refractivity contribution in [2.24, 2.45) is 0 Å². The van der Waals surface area contributed by atoms with Crippen LogP contribution in [0.4, 0.5) is 5.69 Å². The van der Waals surface area contributed by atoms with Crippen LogP contribution in [-0.4, -0.2) is 22.0 Å². The van der Waals surface area contributed by atoms with Gasteiger partial charge in [-0.05, 0) is 22.0 Å². The number of aryl methyl sites for hydroxylation is 1. The molecule has 2 rings (SSSR count). The molecule has 0 amide bonds. The van der Waals surface area contributed by atoms with E-state index in [0.29, 0.717) is 22.6 Å². The minimum absolute atomic E-state index is 0.0620. The Hall–Kier alpha value is -2.22. The van der Waals surface area contributed by atoms with Crippen molar-refractivity contribution in [1.82, 2.24) is 9.97 Å². The molecular weight excluding hydrogens is 342 g/mol. The molecule has 0 spiro atoms. The average Bonchev–Trinajstić information content (AvgIpc) is 2.46. The van der Waals surface area contributed by atoms with Crippen molar-refractivity contribution in [3.63, 3.8) is 0 Å². The molecule has 7 nitrogen and oxygen atoms in total. The Labute approximate surface area is 129 Å². The molecule has 2 aromatic rings. The maximum Gasteiger partial charge on any atom is 0.311 e. The largest absolute Gasteiger partial charge is 0.497 e. The van der Waals surface area contributed by atoms with Crippen LogP contribution in [-0.2, 0) is 6.42 Å². The summed E-state index contributed by atoms with van der Waals surface area (Å²) in [6, 6.07) is 5.81. The van der Waals surface area contributed by atoms with Crippen LogP contribution >= 0.6 is 15.9 Å². The molecule has 110 valence electrons. The lowest BCUT2D eigenvalue weighted by Crippen LogP contribution is -1.99. The highest BCUT2D eigenvalue weighted by atomic mass is 79.9. The van der Waals surface area contributed by atoms with Crippen LogP contribution in [0.15, 0.2) is 28.9 Å². The van der Waals surface area contributed by atoms with Crippen molar-refractivity contribution in [1.29, 1.82) is 0 Å². The summed E-state index contributed by atoms with van der Waals surface area (Å²) in [7, 11) is 1.47. The van der Waals surface area contributed by atoms with E-state index in [9.17, 15) is 10.1 Å². The molecule has 0 aliphatic rings. The van der Waals surface area contributed by atoms with Crippen LogP contribution in [0.3, 0.4) is 0 Å². The number of nitrogens with zero attached hydrogens (tertiary/aromatic N) is 3. The summed E-state index contributed by atoms with van der Waals surface area (Å²) in [4.78, 5) is 18.9. The number of hydrogen-bond donors (Lipinski definition) is 0. The highest BCUT2D eigenvalue weighted by Crippen LogP contribution is 2.34. The summed E-state index contributed by atoms with van der Waals surface area (Å²) in [6.07, 6.45) is 0.621. The van der Waals surface area contributed by atoms with Crippen molar-refractivity contribution in [2.45, 2.75) is 13.3 Å². The number of rotatable bonds is 5. The van der Waals surface area contributed by atoms with Gasteiger partial charge in [-0.1, -0.05) is 6.92 Å². The molecule has 0 radical (unpaired) electrons. The van der Waals surface area contributed by atoms with E-state index in [1.54, 1.807) is 6.07 Å². The second-order valence-corrected chi connectivity index (χ2v) is 4.80. The number of aromatic nitrogens is 2. The Bertz CT molecular complexity index is 678. The molecule has 0 saturated carbocycles. The van der Waals surface area contributed by atoms with E-state index >= 15 is 0 Å². The number of methoxy groups -OCH3 is 1. The summed E-state index contributed by atoms with van der Waals surface area (Å²) in [5.41, 5.74) is -0.163. The van der Waals surface area contributed by atoms with Crippen molar-refractivity contribution in [3.8, 4) is 17.4 Å². The summed E-state index contributed by atoms with van der Waals surface area (Å²) < 4.78 is 11.1. The van der Waals surface area contributed by atoms with Crippen molar-refractivity contribution in [3.05, 3.63) is 44.8 Å². The van der Waals surface area contributed by atoms with Crippen LogP contribution in [0.5, 0.6) is 17.4 Å². The van der Waals surface area contributed by atoms with Crippen LogP contribution < -0.4 is 9.47 Å². The van der Waals surface area contributed by atoms with Gasteiger partial charge in [-0.25, -0.2) is 4.98 Å². The second-order valence-electron chi connectivity index (χ2n) is 3.99. The van der Waals surface area contributed by atoms with Gasteiger partial charge in [-0.2, -0.15) is 4.98 Å². The monoisotopic (exact) mass is 353 g/mol. The second kappa shape index (κ2) is 6.49. The molecule has 0 bridgehead atoms. The first-order chi connectivity index (χ1) is 10.0. The Morgan fingerprint density at radius 2 is 2.10 bits per heavy atom. The molecule has 0 fully saturated rings. The molecule has 1 heterocycles. The topological polar surface area (TPSA) is 87.4 Å². The fourth-order valence-corrected chi connectivity index (χ4v) is 2.02. The molecule has 0 saturated heterocycles. The quantitative estimate of drug-likeness (QED) is 0.464. The van der Waals surface area contributed by atoms with E-state index in [4.69, 9.17) is 9.47 Å². The molecule has 0 N–H and O–H groups in total. The average molecular weight is 354 g/mol. The zero-order valence-corrected chi connectivity index (χ0v) is 13.0. The number of nitro benzene ring substituents is 1. The van der Waals surface area contributed by atoms with Crippen molar-refractivity contribution < 1.29 is 14.4 Å². The van der Waals surface area contributed by atoms with Gasteiger partial charge in [0.2, 0.25) is 11.6 Å². The standard InChI is InChI=1S/C13H12BrN3O4/c1-3-12-15-11(14)7-13(16-12)21-10-6-8(20-2)4-5-9(10)17(18)19/h4-7H,3H2,1-2H3. The Morgan fingerprint density at radius 1 is 1.33 bits per heavy atom. The van der Waals surface area contributed by atoms with Gasteiger partial charge in [0, 0.05) is 24.6 Å². The predicted octanol–water partition coefficient (Wildman–Crippen LogP) is 3.51. The van der Waals surface area contributed by atoms with Crippen molar-refractivity contribution >= 4 is 21.6 Å². The third-order valence-electron chi connectivity index (χ3n) is 2.61. The normalized spacial score (nSPS) is 10.2. The van der Waals surface area contributed by atoms with Gasteiger partial charge >= 0.3 is 5.69 Å². The third kappa shape index (κ3) is 3.66. The van der Waals surface area contributed by atoms with Gasteiger partial charge in [0.15, 0.2) is 0 Å². The number of hydrogen-bond acceptors (Lipinski definition) is 6. The Balaban J connectivity index is 2.42. The molecule has 0 unspecified atom stereocenters. The fraction of sp³-hybridized carbons (Fsp3) is 0.231. The number of benzene rings is 1. The first-order valence-electron chi connectivity index (χ1n) is 6.07. The highest BCUT2D eigenvalue weighted by Gasteiger charge is 2.18. The molecule has 8 heteroatoms. The number of nitro groups is 1. The van der Waals surface area contributed by atoms with E-state index in [2.05, 4.69) is 25.9 Å². The zero-order valence-electron chi connectivity index (χ0n) is 11.4. The van der Waals surface area contributed by atoms with E-state index in [0.717, 1.165) is 0 Å². The van der Waals surface area contributed by atoms with Crippen LogP contribution in [0.2, 0.25) is 0 Å². The molecule has 0 atom stereocenters. The van der Waals surface area contributed by atoms with E-state index < -0.39 is 4.92 Å². The molecule has 21 heavy (non-hydrogen) atoms. The van der Waals surface area contributed by atoms with E-state index in [1.165, 1.54) is 25.3 Å². The smallest absolute Gasteiger partial charge is 0.311 e. The van der Waals surface area contributed by atoms with Gasteiger partial charge in [0.25, 0.3) is 0 Å². The lowest BCUT2D eigenvalue weighted by atomic mass is 10.3. The number of ether oxygens (including phenoxy) is 2. The van der Waals surface area contributed by atoms with Gasteiger partial charge in [-0.3, -0.25) is 10.1 Å². The number of halogens is 1. The fourth-order valence-electron chi connectivity index (χ4n) is 1.62. The van der Waals surface area contributed by atoms with Crippen LogP contribution in [0.25, 0.3) is 0 Å². The van der Waals surface area contributed by atoms with Crippen LogP contribution in [0.1, 0.15) is 12.7 Å². The minimum Gasteiger partial charge on any atom is -0.497 e. The first kappa shape index (κ1) is 15.2. The predicted molar refractivity (Wildman–Crippen MR) is 78.8 cm³/mol. The first-order valence-corrected chi connectivity index (χ1v) is 6.86. The maximum atomic E-state index is 11.0. The Morgan fingerprint density at radius 3 is 2.71 bits per heavy atom. The molecule has 1 aromatic heterocycles. The maximum absolute atomic E-state index is 11.0. The molecule has 0 aliphatic heterocycles. The SMILES string of the molecule is CCc1nc(Br)cc(Oc2cc(OC)ccc2[N+](=O)[O-])n1. The summed E-state index contributed by atoms with van der Waals surface area (Å²) in [6.45, 7) is 1.90. The lowest BCUT2D eigenvalue weighted by Gasteiger charge is -2.08. The summed E-state index contributed by atoms with van der Waals surface area (Å²) in [5, 5.41) is 11.0. The summed E-state index contributed by atoms with van der Waals surface area (Å²) in [5.74, 6) is 1.32. The van der Waals surface area contributed by atoms with Gasteiger partial charge < -0.3 is 9.47 Å². The molecule has 1 aromatic carbocycles. The Kier molecular flexibility index (Phi) is 4.69. The van der Waals surface area contributed by atoms with Gasteiger partial charge in [0.05, 0.1) is 12.0 Å². The molecule has 0 aliphatic carbocycles. The lowest BCUT2D eigenvalue weighted by molar-refractivity contribution is -0.385. The molecular formula is C13H12BrN3O4. The van der Waals surface area contributed by atoms with Crippen LogP contribution in [0, 0.1) is 10.1 Å². The van der Waals surface area contributed by atoms with Gasteiger partial charge in [-0.15, -0.1) is 0 Å². The zero-order chi connectivity index (χ0) is 15.4. The van der Waals surface area contributed by atoms with E-state index in [1.807, 2.05) is 6.92 Å². The highest BCUT2D eigenvalue weighted by molar-refractivity contribution is 9.10. The van der Waals surface area contributed by atoms with Crippen molar-refractivity contribution in [2.75, 3.05) is 7.11 Å². The van der Waals surface area contributed by atoms with Gasteiger partial charge in [0.1, 0.15) is 16.2 Å². The summed E-state index contributed by atoms with van der Waals surface area (Å²) >= 11 is 3.25. The minimum atomic E-state index is -0.522.